The standard InChI is InChI=1S/C21H22N6O4S/c1-27-12-19(22-13-27)32(29,30)26-21-20(24-17-5-3-4-6-18(17)25-21)23-15-9-14(7-8-31-2)10-16(28)11-15/h3-6,9-13,28H,7-8H2,1-2H3,(H,23,24)(H,25,26). The van der Waals surface area contributed by atoms with Gasteiger partial charge in [0, 0.05) is 32.1 Å². The van der Waals surface area contributed by atoms with Crippen LogP contribution in [0.1, 0.15) is 5.56 Å². The highest BCUT2D eigenvalue weighted by atomic mass is 32.2. The number of fused-ring (bicyclic) bond motifs is 1. The molecule has 2 aromatic heterocycles. The summed E-state index contributed by atoms with van der Waals surface area (Å²) in [5, 5.41) is 13.0. The molecule has 2 heterocycles. The molecule has 0 saturated heterocycles. The van der Waals surface area contributed by atoms with Gasteiger partial charge in [-0.2, -0.15) is 8.42 Å². The van der Waals surface area contributed by atoms with Gasteiger partial charge in [0.15, 0.2) is 16.7 Å². The molecule has 0 unspecified atom stereocenters. The number of imidazole rings is 1. The second-order valence-corrected chi connectivity index (χ2v) is 8.78. The normalized spacial score (nSPS) is 11.6. The van der Waals surface area contributed by atoms with E-state index in [1.165, 1.54) is 23.2 Å². The van der Waals surface area contributed by atoms with Crippen LogP contribution in [0.4, 0.5) is 17.3 Å². The number of phenols is 1. The quantitative estimate of drug-likeness (QED) is 0.370. The first kappa shape index (κ1) is 21.5. The van der Waals surface area contributed by atoms with E-state index < -0.39 is 10.0 Å². The molecule has 0 spiro atoms. The van der Waals surface area contributed by atoms with E-state index >= 15 is 0 Å². The second kappa shape index (κ2) is 8.81. The molecule has 0 saturated carbocycles. The predicted octanol–water partition coefficient (Wildman–Crippen LogP) is 2.80. The van der Waals surface area contributed by atoms with Crippen LogP contribution in [-0.2, 0) is 28.2 Å². The third-order valence-corrected chi connectivity index (χ3v) is 5.82. The number of rotatable bonds is 8. The number of nitrogens with one attached hydrogen (secondary N) is 2. The van der Waals surface area contributed by atoms with E-state index in [4.69, 9.17) is 4.74 Å². The first-order chi connectivity index (χ1) is 15.3. The molecule has 0 radical (unpaired) electrons. The van der Waals surface area contributed by atoms with Crippen LogP contribution in [0, 0.1) is 0 Å². The number of sulfonamides is 1. The Kier molecular flexibility index (Phi) is 5.93. The van der Waals surface area contributed by atoms with Gasteiger partial charge in [0.1, 0.15) is 5.75 Å². The molecule has 0 atom stereocenters. The van der Waals surface area contributed by atoms with Gasteiger partial charge in [-0.3, -0.25) is 4.72 Å². The van der Waals surface area contributed by atoms with E-state index in [1.807, 2.05) is 12.1 Å². The average molecular weight is 455 g/mol. The number of hydrogen-bond donors (Lipinski definition) is 3. The van der Waals surface area contributed by atoms with Crippen LogP contribution in [-0.4, -0.2) is 46.8 Å². The third-order valence-electron chi connectivity index (χ3n) is 4.59. The number of aryl methyl sites for hydroxylation is 1. The average Bonchev–Trinajstić information content (AvgIpc) is 3.19. The Labute approximate surface area is 185 Å². The highest BCUT2D eigenvalue weighted by Gasteiger charge is 2.21. The minimum absolute atomic E-state index is 0.0103. The molecule has 11 heteroatoms. The minimum Gasteiger partial charge on any atom is -0.508 e. The van der Waals surface area contributed by atoms with Crippen molar-refractivity contribution in [2.75, 3.05) is 23.8 Å². The van der Waals surface area contributed by atoms with Crippen molar-refractivity contribution in [2.45, 2.75) is 11.4 Å². The zero-order chi connectivity index (χ0) is 22.7. The number of benzene rings is 2. The summed E-state index contributed by atoms with van der Waals surface area (Å²) in [5.41, 5.74) is 2.47. The first-order valence-electron chi connectivity index (χ1n) is 9.70. The minimum atomic E-state index is -3.99. The molecule has 10 nitrogen and oxygen atoms in total. The van der Waals surface area contributed by atoms with Crippen LogP contribution in [0.25, 0.3) is 11.0 Å². The summed E-state index contributed by atoms with van der Waals surface area (Å²) in [6, 6.07) is 12.1. The van der Waals surface area contributed by atoms with Gasteiger partial charge in [0.2, 0.25) is 0 Å². The van der Waals surface area contributed by atoms with Crippen molar-refractivity contribution in [1.29, 1.82) is 0 Å². The molecule has 3 N–H and O–H groups in total. The molecule has 0 amide bonds. The maximum absolute atomic E-state index is 12.8. The first-order valence-corrected chi connectivity index (χ1v) is 11.2. The molecule has 0 fully saturated rings. The lowest BCUT2D eigenvalue weighted by Gasteiger charge is -2.14. The molecule has 0 aliphatic rings. The van der Waals surface area contributed by atoms with Gasteiger partial charge in [-0.05, 0) is 36.2 Å². The summed E-state index contributed by atoms with van der Waals surface area (Å²) >= 11 is 0. The third kappa shape index (κ3) is 4.79. The SMILES string of the molecule is COCCc1cc(O)cc(Nc2nc3ccccc3nc2NS(=O)(=O)c2cn(C)cn2)c1. The molecular formula is C21H22N6O4S. The smallest absolute Gasteiger partial charge is 0.282 e. The molecule has 0 aliphatic heterocycles. The Hall–Kier alpha value is -3.70. The molecule has 4 aromatic rings. The maximum atomic E-state index is 12.8. The summed E-state index contributed by atoms with van der Waals surface area (Å²) < 4.78 is 34.8. The molecule has 32 heavy (non-hydrogen) atoms. The number of nitrogens with zero attached hydrogens (tertiary/aromatic N) is 4. The van der Waals surface area contributed by atoms with Gasteiger partial charge in [-0.15, -0.1) is 0 Å². The number of methoxy groups -OCH3 is 1. The summed E-state index contributed by atoms with van der Waals surface area (Å²) in [5.74, 6) is 0.258. The number of aromatic nitrogens is 4. The molecule has 0 aliphatic carbocycles. The van der Waals surface area contributed by atoms with E-state index in [-0.39, 0.29) is 22.4 Å². The van der Waals surface area contributed by atoms with Crippen molar-refractivity contribution in [3.05, 3.63) is 60.6 Å². The summed E-state index contributed by atoms with van der Waals surface area (Å²) in [6.07, 6.45) is 3.39. The van der Waals surface area contributed by atoms with Crippen molar-refractivity contribution in [1.82, 2.24) is 19.5 Å². The number of ether oxygens (including phenoxy) is 1. The largest absolute Gasteiger partial charge is 0.508 e. The predicted molar refractivity (Wildman–Crippen MR) is 121 cm³/mol. The zero-order valence-corrected chi connectivity index (χ0v) is 18.3. The summed E-state index contributed by atoms with van der Waals surface area (Å²) in [4.78, 5) is 12.9. The fourth-order valence-corrected chi connectivity index (χ4v) is 4.11. The molecule has 0 bridgehead atoms. The van der Waals surface area contributed by atoms with E-state index in [1.54, 1.807) is 38.4 Å². The van der Waals surface area contributed by atoms with E-state index in [2.05, 4.69) is 25.0 Å². The lowest BCUT2D eigenvalue weighted by molar-refractivity contribution is 0.202. The van der Waals surface area contributed by atoms with Gasteiger partial charge < -0.3 is 19.7 Å². The molecule has 4 rings (SSSR count). The Morgan fingerprint density at radius 1 is 1.09 bits per heavy atom. The van der Waals surface area contributed by atoms with E-state index in [0.717, 1.165) is 5.56 Å². The number of phenolic OH excluding ortho intramolecular Hbond substituents is 1. The van der Waals surface area contributed by atoms with E-state index in [9.17, 15) is 13.5 Å². The molecule has 166 valence electrons. The highest BCUT2D eigenvalue weighted by Crippen LogP contribution is 2.29. The van der Waals surface area contributed by atoms with Crippen molar-refractivity contribution in [3.8, 4) is 5.75 Å². The summed E-state index contributed by atoms with van der Waals surface area (Å²) in [7, 11) is -0.712. The lowest BCUT2D eigenvalue weighted by Crippen LogP contribution is -2.16. The van der Waals surface area contributed by atoms with Crippen LogP contribution < -0.4 is 10.0 Å². The Morgan fingerprint density at radius 2 is 1.81 bits per heavy atom. The monoisotopic (exact) mass is 454 g/mol. The summed E-state index contributed by atoms with van der Waals surface area (Å²) in [6.45, 7) is 0.494. The van der Waals surface area contributed by atoms with Crippen LogP contribution in [0.15, 0.2) is 60.0 Å². The van der Waals surface area contributed by atoms with Crippen LogP contribution in [0.5, 0.6) is 5.75 Å². The van der Waals surface area contributed by atoms with Gasteiger partial charge in [-0.25, -0.2) is 15.0 Å². The number of hydrogen-bond acceptors (Lipinski definition) is 8. The molecular weight excluding hydrogens is 432 g/mol. The van der Waals surface area contributed by atoms with Gasteiger partial charge in [0.25, 0.3) is 10.0 Å². The van der Waals surface area contributed by atoms with Gasteiger partial charge >= 0.3 is 0 Å². The highest BCUT2D eigenvalue weighted by molar-refractivity contribution is 7.92. The zero-order valence-electron chi connectivity index (χ0n) is 17.5. The van der Waals surface area contributed by atoms with Crippen molar-refractivity contribution in [3.63, 3.8) is 0 Å². The van der Waals surface area contributed by atoms with Crippen molar-refractivity contribution in [2.24, 2.45) is 7.05 Å². The van der Waals surface area contributed by atoms with E-state index in [0.29, 0.717) is 29.7 Å². The fourth-order valence-electron chi connectivity index (χ4n) is 3.11. The number of aromatic hydroxyl groups is 1. The maximum Gasteiger partial charge on any atom is 0.282 e. The van der Waals surface area contributed by atoms with Crippen LogP contribution >= 0.6 is 0 Å². The van der Waals surface area contributed by atoms with Crippen molar-refractivity contribution < 1.29 is 18.3 Å². The lowest BCUT2D eigenvalue weighted by atomic mass is 10.1. The Balaban J connectivity index is 1.74. The Morgan fingerprint density at radius 3 is 2.47 bits per heavy atom. The van der Waals surface area contributed by atoms with Crippen molar-refractivity contribution >= 4 is 38.4 Å². The number of para-hydroxylation sites is 2. The number of anilines is 3. The Bertz CT molecular complexity index is 1370. The topological polar surface area (TPSA) is 131 Å². The van der Waals surface area contributed by atoms with Gasteiger partial charge in [-0.1, -0.05) is 12.1 Å². The van der Waals surface area contributed by atoms with Crippen LogP contribution in [0.3, 0.4) is 0 Å². The fraction of sp³-hybridized carbons (Fsp3) is 0.190. The van der Waals surface area contributed by atoms with Crippen LogP contribution in [0.2, 0.25) is 0 Å². The second-order valence-electron chi connectivity index (χ2n) is 7.15. The van der Waals surface area contributed by atoms with Gasteiger partial charge in [0.05, 0.1) is 24.0 Å². The molecule has 2 aromatic carbocycles.